The van der Waals surface area contributed by atoms with Gasteiger partial charge in [-0.2, -0.15) is 0 Å². The summed E-state index contributed by atoms with van der Waals surface area (Å²) in [6, 6.07) is 8.51. The van der Waals surface area contributed by atoms with Crippen molar-refractivity contribution in [2.75, 3.05) is 18.0 Å². The molecule has 1 aromatic carbocycles. The Morgan fingerprint density at radius 3 is 2.77 bits per heavy atom. The molecule has 1 saturated heterocycles. The Morgan fingerprint density at radius 2 is 2.00 bits per heavy atom. The molecule has 3 heterocycles. The molecule has 1 aromatic heterocycles. The highest BCUT2D eigenvalue weighted by Gasteiger charge is 2.28. The van der Waals surface area contributed by atoms with Crippen LogP contribution in [0.15, 0.2) is 41.7 Å². The molecule has 22 heavy (non-hydrogen) atoms. The van der Waals surface area contributed by atoms with Gasteiger partial charge in [0, 0.05) is 30.7 Å². The topological polar surface area (TPSA) is 84.5 Å². The Hall–Kier alpha value is -2.76. The number of fused-ring (bicyclic) bond motifs is 2. The number of amides is 1. The molecule has 2 aliphatic rings. The summed E-state index contributed by atoms with van der Waals surface area (Å²) in [5.41, 5.74) is 6.87. The number of hydrogen-bond acceptors (Lipinski definition) is 5. The molecule has 0 aliphatic carbocycles. The fourth-order valence-electron chi connectivity index (χ4n) is 3.06. The molecule has 2 aliphatic heterocycles. The average molecular weight is 293 g/mol. The monoisotopic (exact) mass is 293 g/mol. The van der Waals surface area contributed by atoms with Gasteiger partial charge in [-0.3, -0.25) is 9.79 Å². The number of primary amides is 1. The molecule has 6 nitrogen and oxygen atoms in total. The Balaban J connectivity index is 1.67. The van der Waals surface area contributed by atoms with Crippen molar-refractivity contribution in [1.82, 2.24) is 9.97 Å². The van der Waals surface area contributed by atoms with Crippen LogP contribution in [0.3, 0.4) is 0 Å². The molecule has 4 rings (SSSR count). The lowest BCUT2D eigenvalue weighted by atomic mass is 9.99. The van der Waals surface area contributed by atoms with Crippen molar-refractivity contribution in [3.05, 3.63) is 52.8 Å². The molecule has 0 bridgehead atoms. The lowest BCUT2D eigenvalue weighted by molar-refractivity contribution is 0.0999. The van der Waals surface area contributed by atoms with E-state index in [4.69, 9.17) is 10.7 Å². The molecule has 0 radical (unpaired) electrons. The van der Waals surface area contributed by atoms with Crippen LogP contribution in [0.4, 0.5) is 5.95 Å². The third kappa shape index (κ3) is 2.04. The molecule has 2 aromatic rings. The Morgan fingerprint density at radius 1 is 1.23 bits per heavy atom. The minimum Gasteiger partial charge on any atom is -0.366 e. The summed E-state index contributed by atoms with van der Waals surface area (Å²) in [4.78, 5) is 26.5. The van der Waals surface area contributed by atoms with E-state index in [1.54, 1.807) is 0 Å². The van der Waals surface area contributed by atoms with Crippen molar-refractivity contribution >= 4 is 17.4 Å². The van der Waals surface area contributed by atoms with E-state index in [2.05, 4.69) is 27.0 Å². The second-order valence-corrected chi connectivity index (χ2v) is 5.53. The number of aromatic nitrogens is 2. The van der Waals surface area contributed by atoms with Crippen LogP contribution >= 0.6 is 0 Å². The van der Waals surface area contributed by atoms with Gasteiger partial charge < -0.3 is 10.6 Å². The van der Waals surface area contributed by atoms with Gasteiger partial charge in [-0.1, -0.05) is 18.2 Å². The number of piperidine rings is 1. The van der Waals surface area contributed by atoms with Crippen molar-refractivity contribution < 1.29 is 4.79 Å². The van der Waals surface area contributed by atoms with Crippen LogP contribution in [0.1, 0.15) is 16.8 Å². The molecule has 2 N–H and O–H groups in total. The minimum atomic E-state index is -0.511. The Bertz CT molecular complexity index is 859. The van der Waals surface area contributed by atoms with E-state index in [9.17, 15) is 4.79 Å². The van der Waals surface area contributed by atoms with Gasteiger partial charge in [0.15, 0.2) is 0 Å². The highest BCUT2D eigenvalue weighted by atomic mass is 16.1. The summed E-state index contributed by atoms with van der Waals surface area (Å²) < 4.78 is 0. The zero-order chi connectivity index (χ0) is 15.1. The molecule has 1 atom stereocenters. The average Bonchev–Trinajstić information content (AvgIpc) is 2.92. The SMILES string of the molecule is NC(=O)c1cnc(N2CCC3N=c4ccccc4=C3C2)nc1. The highest BCUT2D eigenvalue weighted by Crippen LogP contribution is 2.23. The zero-order valence-electron chi connectivity index (χ0n) is 11.9. The van der Waals surface area contributed by atoms with Gasteiger partial charge in [-0.25, -0.2) is 9.97 Å². The number of carbonyl (C=O) groups is 1. The van der Waals surface area contributed by atoms with Crippen LogP contribution in [0, 0.1) is 0 Å². The van der Waals surface area contributed by atoms with Crippen LogP contribution in [-0.2, 0) is 0 Å². The summed E-state index contributed by atoms with van der Waals surface area (Å²) in [7, 11) is 0. The van der Waals surface area contributed by atoms with E-state index in [0.29, 0.717) is 11.5 Å². The third-order valence-corrected chi connectivity index (χ3v) is 4.19. The van der Waals surface area contributed by atoms with Gasteiger partial charge in [0.2, 0.25) is 5.95 Å². The van der Waals surface area contributed by atoms with Crippen molar-refractivity contribution in [3.8, 4) is 0 Å². The van der Waals surface area contributed by atoms with Crippen LogP contribution in [-0.4, -0.2) is 35.0 Å². The van der Waals surface area contributed by atoms with Crippen molar-refractivity contribution in [1.29, 1.82) is 0 Å². The number of carbonyl (C=O) groups excluding carboxylic acids is 1. The fourth-order valence-corrected chi connectivity index (χ4v) is 3.06. The molecule has 0 spiro atoms. The van der Waals surface area contributed by atoms with Crippen LogP contribution in [0.2, 0.25) is 0 Å². The Labute approximate surface area is 127 Å². The van der Waals surface area contributed by atoms with Crippen molar-refractivity contribution in [3.63, 3.8) is 0 Å². The summed E-state index contributed by atoms with van der Waals surface area (Å²) in [6.45, 7) is 1.61. The molecule has 6 heteroatoms. The lowest BCUT2D eigenvalue weighted by Gasteiger charge is -2.31. The molecule has 1 unspecified atom stereocenters. The first-order valence-corrected chi connectivity index (χ1v) is 7.25. The number of hydrogen-bond donors (Lipinski definition) is 1. The first-order chi connectivity index (χ1) is 10.7. The zero-order valence-corrected chi connectivity index (χ0v) is 11.9. The Kier molecular flexibility index (Phi) is 2.89. The molecular weight excluding hydrogens is 278 g/mol. The van der Waals surface area contributed by atoms with E-state index in [0.717, 1.165) is 24.9 Å². The van der Waals surface area contributed by atoms with Crippen LogP contribution < -0.4 is 21.2 Å². The maximum atomic E-state index is 11.1. The van der Waals surface area contributed by atoms with E-state index >= 15 is 0 Å². The minimum absolute atomic E-state index is 0.276. The lowest BCUT2D eigenvalue weighted by Crippen LogP contribution is -2.39. The number of nitrogens with two attached hydrogens (primary N) is 1. The predicted octanol–water partition coefficient (Wildman–Crippen LogP) is -0.362. The summed E-state index contributed by atoms with van der Waals surface area (Å²) in [5.74, 6) is 0.114. The van der Waals surface area contributed by atoms with E-state index in [1.165, 1.54) is 23.2 Å². The first-order valence-electron chi connectivity index (χ1n) is 7.25. The predicted molar refractivity (Wildman–Crippen MR) is 81.8 cm³/mol. The maximum absolute atomic E-state index is 11.1. The summed E-state index contributed by atoms with van der Waals surface area (Å²) >= 11 is 0. The second kappa shape index (κ2) is 4.91. The number of para-hydroxylation sites is 1. The fraction of sp³-hybridized carbons (Fsp3) is 0.250. The van der Waals surface area contributed by atoms with Crippen molar-refractivity contribution in [2.45, 2.75) is 12.5 Å². The third-order valence-electron chi connectivity index (χ3n) is 4.19. The van der Waals surface area contributed by atoms with Gasteiger partial charge >= 0.3 is 0 Å². The molecule has 0 saturated carbocycles. The normalized spacial score (nSPS) is 19.4. The van der Waals surface area contributed by atoms with Crippen LogP contribution in [0.25, 0.3) is 5.57 Å². The molecule has 1 amide bonds. The second-order valence-electron chi connectivity index (χ2n) is 5.53. The van der Waals surface area contributed by atoms with E-state index < -0.39 is 5.91 Å². The number of anilines is 1. The molecule has 1 fully saturated rings. The smallest absolute Gasteiger partial charge is 0.251 e. The molecular formula is C16H15N5O. The number of benzene rings is 1. The van der Waals surface area contributed by atoms with E-state index in [1.807, 2.05) is 12.1 Å². The van der Waals surface area contributed by atoms with Gasteiger partial charge in [-0.05, 0) is 18.1 Å². The van der Waals surface area contributed by atoms with Gasteiger partial charge in [0.05, 0.1) is 17.0 Å². The van der Waals surface area contributed by atoms with Gasteiger partial charge in [0.25, 0.3) is 5.91 Å². The van der Waals surface area contributed by atoms with Crippen LogP contribution in [0.5, 0.6) is 0 Å². The first kappa shape index (κ1) is 12.9. The summed E-state index contributed by atoms with van der Waals surface area (Å²) in [5, 5.41) is 2.31. The van der Waals surface area contributed by atoms with Gasteiger partial charge in [-0.15, -0.1) is 0 Å². The summed E-state index contributed by atoms with van der Waals surface area (Å²) in [6.07, 6.45) is 3.91. The van der Waals surface area contributed by atoms with Crippen molar-refractivity contribution in [2.24, 2.45) is 10.7 Å². The highest BCUT2D eigenvalue weighted by molar-refractivity contribution is 5.92. The van der Waals surface area contributed by atoms with Gasteiger partial charge in [0.1, 0.15) is 0 Å². The molecule has 110 valence electrons. The number of nitrogens with zero attached hydrogens (tertiary/aromatic N) is 4. The quantitative estimate of drug-likeness (QED) is 0.819. The largest absolute Gasteiger partial charge is 0.366 e. The standard InChI is InChI=1S/C16H15N5O/c17-15(22)10-7-18-16(19-8-10)21-6-5-14-12(9-21)11-3-1-2-4-13(11)20-14/h1-4,7-8,14H,5-6,9H2,(H2,17,22). The maximum Gasteiger partial charge on any atom is 0.251 e. The number of rotatable bonds is 2. The van der Waals surface area contributed by atoms with E-state index in [-0.39, 0.29) is 6.04 Å².